The number of nitrogens with two attached hydrogens (primary N) is 1. The molecule has 0 bridgehead atoms. The van der Waals surface area contributed by atoms with Gasteiger partial charge in [-0.05, 0) is 25.7 Å². The van der Waals surface area contributed by atoms with E-state index >= 15 is 0 Å². The molecule has 1 heterocycles. The van der Waals surface area contributed by atoms with Crippen LogP contribution in [0.4, 0.5) is 11.4 Å². The van der Waals surface area contributed by atoms with E-state index in [1.807, 2.05) is 0 Å². The van der Waals surface area contributed by atoms with Crippen LogP contribution in [0.2, 0.25) is 5.15 Å². The van der Waals surface area contributed by atoms with Gasteiger partial charge >= 0.3 is 0 Å². The summed E-state index contributed by atoms with van der Waals surface area (Å²) in [5, 5.41) is 3.79. The molecule has 1 aliphatic rings. The van der Waals surface area contributed by atoms with Crippen molar-refractivity contribution >= 4 is 23.0 Å². The third-order valence-corrected chi connectivity index (χ3v) is 2.82. The first-order valence-electron chi connectivity index (χ1n) is 4.84. The second-order valence-corrected chi connectivity index (χ2v) is 4.25. The van der Waals surface area contributed by atoms with Crippen LogP contribution in [0.5, 0.6) is 0 Å². The topological polar surface area (TPSA) is 50.9 Å². The second kappa shape index (κ2) is 3.65. The van der Waals surface area contributed by atoms with Crippen molar-refractivity contribution in [3.8, 4) is 0 Å². The summed E-state index contributed by atoms with van der Waals surface area (Å²) in [6.45, 7) is 2.17. The minimum atomic E-state index is 0.437. The van der Waals surface area contributed by atoms with Crippen molar-refractivity contribution < 1.29 is 0 Å². The van der Waals surface area contributed by atoms with E-state index in [9.17, 15) is 0 Å². The standard InChI is InChI=1S/C10H14ClN3/c1-6(7-2-3-7)14-9-5-13-10(11)4-8(9)12/h4-7,14H,2-3H2,1H3,(H2,12,13). The Morgan fingerprint density at radius 3 is 2.93 bits per heavy atom. The summed E-state index contributed by atoms with van der Waals surface area (Å²) in [7, 11) is 0. The lowest BCUT2D eigenvalue weighted by Gasteiger charge is -2.15. The largest absolute Gasteiger partial charge is 0.397 e. The molecule has 1 saturated carbocycles. The van der Waals surface area contributed by atoms with Gasteiger partial charge in [-0.1, -0.05) is 11.6 Å². The van der Waals surface area contributed by atoms with Crippen LogP contribution in [-0.2, 0) is 0 Å². The fraction of sp³-hybridized carbons (Fsp3) is 0.500. The van der Waals surface area contributed by atoms with E-state index in [0.717, 1.165) is 11.6 Å². The third-order valence-electron chi connectivity index (χ3n) is 2.61. The average molecular weight is 212 g/mol. The van der Waals surface area contributed by atoms with Gasteiger partial charge in [0.05, 0.1) is 17.6 Å². The van der Waals surface area contributed by atoms with Crippen molar-refractivity contribution in [3.05, 3.63) is 17.4 Å². The predicted octanol–water partition coefficient (Wildman–Crippen LogP) is 2.53. The van der Waals surface area contributed by atoms with Crippen LogP contribution in [-0.4, -0.2) is 11.0 Å². The summed E-state index contributed by atoms with van der Waals surface area (Å²) in [5.41, 5.74) is 7.35. The van der Waals surface area contributed by atoms with Gasteiger partial charge in [-0.15, -0.1) is 0 Å². The number of nitrogen functional groups attached to an aromatic ring is 1. The Kier molecular flexibility index (Phi) is 2.50. The Bertz CT molecular complexity index is 336. The molecule has 2 rings (SSSR count). The maximum atomic E-state index is 5.80. The highest BCUT2D eigenvalue weighted by Gasteiger charge is 2.28. The van der Waals surface area contributed by atoms with Crippen molar-refractivity contribution in [2.75, 3.05) is 11.1 Å². The Hall–Kier alpha value is -0.960. The highest BCUT2D eigenvalue weighted by atomic mass is 35.5. The molecule has 0 saturated heterocycles. The van der Waals surface area contributed by atoms with Crippen LogP contribution >= 0.6 is 11.6 Å². The highest BCUT2D eigenvalue weighted by molar-refractivity contribution is 6.29. The summed E-state index contributed by atoms with van der Waals surface area (Å²) >= 11 is 5.71. The molecule has 1 aliphatic carbocycles. The van der Waals surface area contributed by atoms with Crippen molar-refractivity contribution in [1.29, 1.82) is 0 Å². The zero-order valence-electron chi connectivity index (χ0n) is 8.13. The maximum absolute atomic E-state index is 5.80. The monoisotopic (exact) mass is 211 g/mol. The van der Waals surface area contributed by atoms with Gasteiger partial charge in [-0.2, -0.15) is 0 Å². The molecule has 0 aliphatic heterocycles. The second-order valence-electron chi connectivity index (χ2n) is 3.86. The summed E-state index contributed by atoms with van der Waals surface area (Å²) in [6, 6.07) is 2.14. The van der Waals surface area contributed by atoms with E-state index in [1.54, 1.807) is 12.3 Å². The molecule has 1 aromatic heterocycles. The van der Waals surface area contributed by atoms with Crippen LogP contribution in [0.3, 0.4) is 0 Å². The van der Waals surface area contributed by atoms with Gasteiger partial charge in [0.15, 0.2) is 0 Å². The van der Waals surface area contributed by atoms with Crippen LogP contribution in [0.1, 0.15) is 19.8 Å². The number of nitrogens with one attached hydrogen (secondary N) is 1. The molecule has 0 aromatic carbocycles. The van der Waals surface area contributed by atoms with Gasteiger partial charge in [0.1, 0.15) is 5.15 Å². The number of halogens is 1. The first-order valence-corrected chi connectivity index (χ1v) is 5.22. The van der Waals surface area contributed by atoms with E-state index in [0.29, 0.717) is 16.9 Å². The molecule has 0 amide bonds. The summed E-state index contributed by atoms with van der Waals surface area (Å²) < 4.78 is 0. The zero-order chi connectivity index (χ0) is 10.1. The minimum absolute atomic E-state index is 0.437. The van der Waals surface area contributed by atoms with Gasteiger partial charge in [0, 0.05) is 12.1 Å². The number of pyridine rings is 1. The van der Waals surface area contributed by atoms with Crippen LogP contribution in [0, 0.1) is 5.92 Å². The molecule has 1 unspecified atom stereocenters. The number of anilines is 2. The minimum Gasteiger partial charge on any atom is -0.397 e. The Morgan fingerprint density at radius 1 is 1.64 bits per heavy atom. The molecule has 3 N–H and O–H groups in total. The lowest BCUT2D eigenvalue weighted by atomic mass is 10.2. The van der Waals surface area contributed by atoms with Crippen molar-refractivity contribution in [1.82, 2.24) is 4.98 Å². The van der Waals surface area contributed by atoms with Crippen molar-refractivity contribution in [2.45, 2.75) is 25.8 Å². The van der Waals surface area contributed by atoms with E-state index in [-0.39, 0.29) is 0 Å². The van der Waals surface area contributed by atoms with Gasteiger partial charge in [0.2, 0.25) is 0 Å². The Morgan fingerprint density at radius 2 is 2.36 bits per heavy atom. The average Bonchev–Trinajstić information content (AvgIpc) is 2.92. The van der Waals surface area contributed by atoms with Gasteiger partial charge in [-0.3, -0.25) is 0 Å². The number of aromatic nitrogens is 1. The third kappa shape index (κ3) is 2.10. The fourth-order valence-corrected chi connectivity index (χ4v) is 1.69. The lowest BCUT2D eigenvalue weighted by Crippen LogP contribution is -2.18. The molecule has 1 atom stereocenters. The van der Waals surface area contributed by atoms with Crippen LogP contribution < -0.4 is 11.1 Å². The van der Waals surface area contributed by atoms with E-state index in [4.69, 9.17) is 17.3 Å². The molecule has 14 heavy (non-hydrogen) atoms. The quantitative estimate of drug-likeness (QED) is 0.756. The maximum Gasteiger partial charge on any atom is 0.131 e. The molecule has 0 radical (unpaired) electrons. The van der Waals surface area contributed by atoms with Crippen LogP contribution in [0.25, 0.3) is 0 Å². The van der Waals surface area contributed by atoms with E-state index < -0.39 is 0 Å². The normalized spacial score (nSPS) is 17.9. The number of hydrogen-bond acceptors (Lipinski definition) is 3. The molecule has 4 heteroatoms. The van der Waals surface area contributed by atoms with Crippen LogP contribution in [0.15, 0.2) is 12.3 Å². The first-order chi connectivity index (χ1) is 6.66. The Balaban J connectivity index is 2.07. The molecule has 1 aromatic rings. The summed E-state index contributed by atoms with van der Waals surface area (Å²) in [4.78, 5) is 4.00. The summed E-state index contributed by atoms with van der Waals surface area (Å²) in [6.07, 6.45) is 4.32. The molecule has 1 fully saturated rings. The van der Waals surface area contributed by atoms with Gasteiger partial charge < -0.3 is 11.1 Å². The molecule has 0 spiro atoms. The highest BCUT2D eigenvalue weighted by Crippen LogP contribution is 2.34. The SMILES string of the molecule is CC(Nc1cnc(Cl)cc1N)C1CC1. The summed E-state index contributed by atoms with van der Waals surface area (Å²) in [5.74, 6) is 0.796. The number of rotatable bonds is 3. The van der Waals surface area contributed by atoms with Gasteiger partial charge in [-0.25, -0.2) is 4.98 Å². The first kappa shape index (κ1) is 9.59. The zero-order valence-corrected chi connectivity index (χ0v) is 8.88. The van der Waals surface area contributed by atoms with E-state index in [2.05, 4.69) is 17.2 Å². The van der Waals surface area contributed by atoms with Gasteiger partial charge in [0.25, 0.3) is 0 Å². The molecular weight excluding hydrogens is 198 g/mol. The van der Waals surface area contributed by atoms with Crippen molar-refractivity contribution in [2.24, 2.45) is 5.92 Å². The number of nitrogens with zero attached hydrogens (tertiary/aromatic N) is 1. The molecule has 76 valence electrons. The number of hydrogen-bond donors (Lipinski definition) is 2. The predicted molar refractivity (Wildman–Crippen MR) is 59.5 cm³/mol. The Labute approximate surface area is 88.7 Å². The molecular formula is C10H14ClN3. The fourth-order valence-electron chi connectivity index (χ4n) is 1.52. The smallest absolute Gasteiger partial charge is 0.131 e. The lowest BCUT2D eigenvalue weighted by molar-refractivity contribution is 0.694. The molecule has 3 nitrogen and oxygen atoms in total. The van der Waals surface area contributed by atoms with E-state index in [1.165, 1.54) is 12.8 Å². The van der Waals surface area contributed by atoms with Crippen molar-refractivity contribution in [3.63, 3.8) is 0 Å².